The van der Waals surface area contributed by atoms with Crippen molar-refractivity contribution in [1.29, 1.82) is 0 Å². The molecule has 2 fully saturated rings. The molecule has 26 heavy (non-hydrogen) atoms. The molecule has 8 heteroatoms. The molecule has 8 N–H and O–H groups in total. The lowest BCUT2D eigenvalue weighted by Crippen LogP contribution is -2.67. The smallest absolute Gasteiger partial charge is 0.280 e. The highest BCUT2D eigenvalue weighted by atomic mass is 16.8. The number of carbonyl (C=O) groups excluding carboxylic acids is 2. The summed E-state index contributed by atoms with van der Waals surface area (Å²) < 4.78 is 0. The van der Waals surface area contributed by atoms with Crippen LogP contribution in [0.2, 0.25) is 0 Å². The topological polar surface area (TPSA) is 156 Å². The minimum Gasteiger partial charge on any atom is -0.370 e. The summed E-state index contributed by atoms with van der Waals surface area (Å²) in [5, 5.41) is 19.2. The molecule has 8 nitrogen and oxygen atoms in total. The molecule has 2 amide bonds. The van der Waals surface area contributed by atoms with Gasteiger partial charge in [-0.1, -0.05) is 43.8 Å². The van der Waals surface area contributed by atoms with Gasteiger partial charge >= 0.3 is 0 Å². The first kappa shape index (κ1) is 21.1. The second-order valence-corrected chi connectivity index (χ2v) is 8.23. The average molecular weight is 370 g/mol. The predicted molar refractivity (Wildman–Crippen MR) is 95.8 cm³/mol. The molecule has 0 radical (unpaired) electrons. The highest BCUT2D eigenvalue weighted by Crippen LogP contribution is 2.64. The van der Waals surface area contributed by atoms with Crippen LogP contribution in [0.5, 0.6) is 0 Å². The molecule has 0 unspecified atom stereocenters. The fourth-order valence-corrected chi connectivity index (χ4v) is 5.97. The number of carbonyl (C=O) groups is 2. The summed E-state index contributed by atoms with van der Waals surface area (Å²) in [5.41, 5.74) is 15.2. The number of hydrogen-bond acceptors (Lipinski definition) is 6. The van der Waals surface area contributed by atoms with Crippen molar-refractivity contribution in [3.63, 3.8) is 0 Å². The minimum atomic E-state index is -1.40. The van der Waals surface area contributed by atoms with Crippen LogP contribution < -0.4 is 17.2 Å². The Morgan fingerprint density at radius 1 is 0.846 bits per heavy atom. The minimum absolute atomic E-state index is 0.182. The van der Waals surface area contributed by atoms with E-state index in [0.717, 1.165) is 38.5 Å². The summed E-state index contributed by atoms with van der Waals surface area (Å²) in [7, 11) is 0. The summed E-state index contributed by atoms with van der Waals surface area (Å²) in [6, 6.07) is 0. The van der Waals surface area contributed by atoms with Crippen LogP contribution in [0.1, 0.15) is 70.6 Å². The molecule has 0 aromatic rings. The Bertz CT molecular complexity index is 485. The fourth-order valence-electron chi connectivity index (χ4n) is 5.97. The maximum absolute atomic E-state index is 13.3. The quantitative estimate of drug-likeness (QED) is 0.335. The largest absolute Gasteiger partial charge is 0.370 e. The van der Waals surface area contributed by atoms with Crippen molar-refractivity contribution in [2.24, 2.45) is 33.4 Å². The lowest BCUT2D eigenvalue weighted by atomic mass is 9.42. The van der Waals surface area contributed by atoms with Crippen molar-refractivity contribution < 1.29 is 20.0 Å². The molecule has 2 rings (SSSR count). The molecular weight excluding hydrogens is 336 g/mol. The standard InChI is InChI=1S/C18H34N4O4/c19-12-16(7-3-1-4-8-16)18(11-14(21)23,15(24)22(25)26)17(13-20)9-5-2-6-10-17/h25-26H,1-13,19-20H2,(H2,21,23). The Morgan fingerprint density at radius 3 is 1.50 bits per heavy atom. The third kappa shape index (κ3) is 3.24. The van der Waals surface area contributed by atoms with Crippen LogP contribution in [0.15, 0.2) is 0 Å². The first-order chi connectivity index (χ1) is 12.3. The van der Waals surface area contributed by atoms with Crippen LogP contribution >= 0.6 is 0 Å². The van der Waals surface area contributed by atoms with Gasteiger partial charge in [-0.05, 0) is 49.6 Å². The van der Waals surface area contributed by atoms with E-state index < -0.39 is 28.1 Å². The van der Waals surface area contributed by atoms with Crippen molar-refractivity contribution in [2.75, 3.05) is 13.1 Å². The monoisotopic (exact) mass is 370 g/mol. The van der Waals surface area contributed by atoms with Gasteiger partial charge in [0.2, 0.25) is 5.91 Å². The van der Waals surface area contributed by atoms with E-state index in [1.165, 1.54) is 0 Å². The Balaban J connectivity index is 2.74. The van der Waals surface area contributed by atoms with E-state index in [9.17, 15) is 20.0 Å². The lowest BCUT2D eigenvalue weighted by molar-refractivity contribution is -0.305. The highest BCUT2D eigenvalue weighted by Gasteiger charge is 2.67. The third-order valence-electron chi connectivity index (χ3n) is 7.20. The molecule has 150 valence electrons. The van der Waals surface area contributed by atoms with Gasteiger partial charge in [0, 0.05) is 6.42 Å². The number of nitrogens with zero attached hydrogens (tertiary/aromatic N) is 1. The molecule has 2 aliphatic rings. The predicted octanol–water partition coefficient (Wildman–Crippen LogP) is 1.27. The number of rotatable bonds is 7. The van der Waals surface area contributed by atoms with Gasteiger partial charge < -0.3 is 17.2 Å². The molecular formula is C18H34N4O4. The number of amides is 2. The summed E-state index contributed by atoms with van der Waals surface area (Å²) in [6.45, 7) is 0.364. The zero-order chi connectivity index (χ0) is 19.4. The number of primary amides is 1. The summed E-state index contributed by atoms with van der Waals surface area (Å²) in [5.74, 6) is -1.53. The normalized spacial score (nSPS) is 22.6. The van der Waals surface area contributed by atoms with E-state index in [-0.39, 0.29) is 24.7 Å². The van der Waals surface area contributed by atoms with Gasteiger partial charge in [0.15, 0.2) is 0 Å². The second-order valence-electron chi connectivity index (χ2n) is 8.23. The van der Waals surface area contributed by atoms with E-state index in [2.05, 4.69) is 0 Å². The van der Waals surface area contributed by atoms with Crippen LogP contribution in [0.25, 0.3) is 0 Å². The molecule has 2 saturated carbocycles. The zero-order valence-electron chi connectivity index (χ0n) is 15.6. The van der Waals surface area contributed by atoms with Crippen LogP contribution in [0.3, 0.4) is 0 Å². The van der Waals surface area contributed by atoms with Crippen LogP contribution in [-0.2, 0) is 9.59 Å². The molecule has 2 aliphatic carbocycles. The van der Waals surface area contributed by atoms with Crippen molar-refractivity contribution in [2.45, 2.75) is 70.6 Å². The van der Waals surface area contributed by atoms with Gasteiger partial charge in [-0.25, -0.2) is 0 Å². The van der Waals surface area contributed by atoms with E-state index >= 15 is 0 Å². The Morgan fingerprint density at radius 2 is 1.23 bits per heavy atom. The molecule has 0 bridgehead atoms. The van der Waals surface area contributed by atoms with E-state index in [1.807, 2.05) is 0 Å². The van der Waals surface area contributed by atoms with Crippen molar-refractivity contribution in [1.82, 2.24) is 5.23 Å². The van der Waals surface area contributed by atoms with Gasteiger partial charge in [0.05, 0.1) is 5.41 Å². The number of hydroxylamine groups is 2. The Hall–Kier alpha value is -1.22. The Kier molecular flexibility index (Phi) is 6.65. The van der Waals surface area contributed by atoms with Gasteiger partial charge in [-0.3, -0.25) is 20.0 Å². The van der Waals surface area contributed by atoms with Crippen LogP contribution in [-0.4, -0.2) is 40.5 Å². The van der Waals surface area contributed by atoms with Gasteiger partial charge in [-0.15, -0.1) is 0 Å². The summed E-state index contributed by atoms with van der Waals surface area (Å²) in [4.78, 5) is 25.5. The molecule has 0 aromatic carbocycles. The second kappa shape index (κ2) is 8.21. The van der Waals surface area contributed by atoms with E-state index in [1.54, 1.807) is 0 Å². The van der Waals surface area contributed by atoms with Crippen molar-refractivity contribution >= 4 is 11.8 Å². The van der Waals surface area contributed by atoms with Crippen LogP contribution in [0.4, 0.5) is 0 Å². The molecule has 0 spiro atoms. The summed E-state index contributed by atoms with van der Waals surface area (Å²) >= 11 is 0. The highest BCUT2D eigenvalue weighted by molar-refractivity contribution is 5.89. The molecule has 0 saturated heterocycles. The van der Waals surface area contributed by atoms with Crippen LogP contribution in [0, 0.1) is 16.2 Å². The maximum atomic E-state index is 13.3. The number of nitrogens with two attached hydrogens (primary N) is 3. The molecule has 0 aromatic heterocycles. The molecule has 0 heterocycles. The fraction of sp³-hybridized carbons (Fsp3) is 0.889. The average Bonchev–Trinajstić information content (AvgIpc) is 2.66. The van der Waals surface area contributed by atoms with Crippen molar-refractivity contribution in [3.8, 4) is 0 Å². The molecule has 0 aliphatic heterocycles. The van der Waals surface area contributed by atoms with Crippen molar-refractivity contribution in [3.05, 3.63) is 0 Å². The van der Waals surface area contributed by atoms with Gasteiger partial charge in [-0.2, -0.15) is 0 Å². The zero-order valence-corrected chi connectivity index (χ0v) is 15.6. The van der Waals surface area contributed by atoms with Gasteiger partial charge in [0.1, 0.15) is 0 Å². The first-order valence-electron chi connectivity index (χ1n) is 9.72. The third-order valence-corrected chi connectivity index (χ3v) is 7.20. The van der Waals surface area contributed by atoms with E-state index in [4.69, 9.17) is 17.2 Å². The van der Waals surface area contributed by atoms with Gasteiger partial charge in [0.25, 0.3) is 5.91 Å². The summed E-state index contributed by atoms with van der Waals surface area (Å²) in [6.07, 6.45) is 7.90. The lowest BCUT2D eigenvalue weighted by Gasteiger charge is -2.61. The molecule has 0 atom stereocenters. The first-order valence-corrected chi connectivity index (χ1v) is 9.72. The Labute approximate surface area is 155 Å². The van der Waals surface area contributed by atoms with E-state index in [0.29, 0.717) is 25.7 Å². The maximum Gasteiger partial charge on any atom is 0.280 e. The number of hydrogen-bond donors (Lipinski definition) is 5. The SMILES string of the molecule is NCC1(C(CC(N)=O)(C(=O)N(O)O)C2(CN)CCCCC2)CCCCC1.